The lowest BCUT2D eigenvalue weighted by Gasteiger charge is -2.33. The van der Waals surface area contributed by atoms with E-state index < -0.39 is 0 Å². The molecule has 0 spiro atoms. The van der Waals surface area contributed by atoms with Crippen LogP contribution in [0.1, 0.15) is 18.4 Å². The fraction of sp³-hybridized carbons (Fsp3) is 0.409. The number of para-hydroxylation sites is 1. The number of benzene rings is 2. The molecule has 1 fully saturated rings. The molecule has 1 aliphatic heterocycles. The predicted octanol–water partition coefficient (Wildman–Crippen LogP) is 3.63. The van der Waals surface area contributed by atoms with E-state index in [0.717, 1.165) is 29.9 Å². The summed E-state index contributed by atoms with van der Waals surface area (Å²) in [6.45, 7) is 4.44. The van der Waals surface area contributed by atoms with Crippen molar-refractivity contribution >= 4 is 21.8 Å². The number of carbonyl (C=O) groups is 1. The Bertz CT molecular complexity index is 742. The van der Waals surface area contributed by atoms with Crippen LogP contribution in [0.5, 0.6) is 5.75 Å². The van der Waals surface area contributed by atoms with E-state index in [2.05, 4.69) is 50.4 Å². The second kappa shape index (κ2) is 11.2. The third-order valence-corrected chi connectivity index (χ3v) is 5.30. The van der Waals surface area contributed by atoms with Crippen molar-refractivity contribution < 1.29 is 14.3 Å². The van der Waals surface area contributed by atoms with E-state index in [1.807, 2.05) is 30.3 Å². The second-order valence-corrected chi connectivity index (χ2v) is 7.75. The molecule has 5 nitrogen and oxygen atoms in total. The van der Waals surface area contributed by atoms with Gasteiger partial charge in [-0.1, -0.05) is 42.5 Å². The molecule has 2 aromatic carbocycles. The molecule has 1 unspecified atom stereocenters. The molecule has 150 valence electrons. The maximum absolute atomic E-state index is 12.1. The summed E-state index contributed by atoms with van der Waals surface area (Å²) in [5.74, 6) is 0.844. The molecule has 0 aromatic heterocycles. The van der Waals surface area contributed by atoms with E-state index in [4.69, 9.17) is 9.47 Å². The Labute approximate surface area is 175 Å². The average Bonchev–Trinajstić information content (AvgIpc) is 2.72. The lowest BCUT2D eigenvalue weighted by Crippen LogP contribution is -2.47. The fourth-order valence-corrected chi connectivity index (χ4v) is 3.58. The quantitative estimate of drug-likeness (QED) is 0.597. The van der Waals surface area contributed by atoms with Crippen molar-refractivity contribution in [1.82, 2.24) is 10.2 Å². The van der Waals surface area contributed by atoms with E-state index in [1.54, 1.807) is 0 Å². The molecule has 28 heavy (non-hydrogen) atoms. The number of rotatable bonds is 9. The molecule has 6 heteroatoms. The average molecular weight is 447 g/mol. The van der Waals surface area contributed by atoms with Gasteiger partial charge in [-0.15, -0.1) is 0 Å². The van der Waals surface area contributed by atoms with Crippen LogP contribution in [0.15, 0.2) is 59.1 Å². The Morgan fingerprint density at radius 1 is 1.18 bits per heavy atom. The van der Waals surface area contributed by atoms with Crippen LogP contribution in [0.25, 0.3) is 0 Å². The summed E-state index contributed by atoms with van der Waals surface area (Å²) < 4.78 is 12.4. The first-order chi connectivity index (χ1) is 13.7. The van der Waals surface area contributed by atoms with Crippen molar-refractivity contribution in [3.63, 3.8) is 0 Å². The van der Waals surface area contributed by atoms with Gasteiger partial charge in [0.05, 0.1) is 23.8 Å². The highest BCUT2D eigenvalue weighted by Gasteiger charge is 2.21. The number of carbonyl (C=O) groups excluding carboxylic acids is 1. The number of ether oxygens (including phenoxy) is 2. The molecule has 1 aliphatic rings. The third-order valence-electron chi connectivity index (χ3n) is 4.64. The number of hydrogen-bond donors (Lipinski definition) is 1. The normalized spacial score (nSPS) is 17.2. The van der Waals surface area contributed by atoms with Crippen molar-refractivity contribution in [1.29, 1.82) is 0 Å². The van der Waals surface area contributed by atoms with Gasteiger partial charge in [0.25, 0.3) is 0 Å². The zero-order chi connectivity index (χ0) is 19.6. The van der Waals surface area contributed by atoms with E-state index in [-0.39, 0.29) is 12.0 Å². The van der Waals surface area contributed by atoms with Gasteiger partial charge in [0.15, 0.2) is 0 Å². The highest BCUT2D eigenvalue weighted by molar-refractivity contribution is 9.10. The summed E-state index contributed by atoms with van der Waals surface area (Å²) in [6.07, 6.45) is 1.17. The molecular formula is C22H27BrN2O3. The van der Waals surface area contributed by atoms with Crippen LogP contribution in [0.4, 0.5) is 0 Å². The first-order valence-electron chi connectivity index (χ1n) is 9.72. The maximum atomic E-state index is 12.1. The smallest absolute Gasteiger partial charge is 0.220 e. The highest BCUT2D eigenvalue weighted by Crippen LogP contribution is 2.23. The van der Waals surface area contributed by atoms with Crippen LogP contribution in [-0.4, -0.2) is 49.8 Å². The molecule has 0 bridgehead atoms. The molecule has 1 heterocycles. The van der Waals surface area contributed by atoms with Crippen molar-refractivity contribution in [3.05, 3.63) is 64.6 Å². The van der Waals surface area contributed by atoms with Gasteiger partial charge in [-0.2, -0.15) is 0 Å². The van der Waals surface area contributed by atoms with E-state index in [1.165, 1.54) is 5.56 Å². The van der Waals surface area contributed by atoms with Crippen molar-refractivity contribution in [2.75, 3.05) is 32.8 Å². The fourth-order valence-electron chi connectivity index (χ4n) is 3.18. The summed E-state index contributed by atoms with van der Waals surface area (Å²) in [5.41, 5.74) is 1.30. The first kappa shape index (κ1) is 20.8. The minimum atomic E-state index is 0.0398. The predicted molar refractivity (Wildman–Crippen MR) is 113 cm³/mol. The molecule has 0 saturated carbocycles. The van der Waals surface area contributed by atoms with Gasteiger partial charge in [-0.05, 0) is 40.0 Å². The van der Waals surface area contributed by atoms with Gasteiger partial charge in [0.1, 0.15) is 5.75 Å². The van der Waals surface area contributed by atoms with E-state index >= 15 is 0 Å². The van der Waals surface area contributed by atoms with Crippen LogP contribution >= 0.6 is 15.9 Å². The minimum absolute atomic E-state index is 0.0398. The van der Waals surface area contributed by atoms with Gasteiger partial charge in [0.2, 0.25) is 5.91 Å². The number of nitrogens with one attached hydrogen (secondary N) is 1. The summed E-state index contributed by atoms with van der Waals surface area (Å²) >= 11 is 3.45. The Kier molecular flexibility index (Phi) is 8.33. The highest BCUT2D eigenvalue weighted by atomic mass is 79.9. The summed E-state index contributed by atoms with van der Waals surface area (Å²) in [5, 5.41) is 2.99. The Morgan fingerprint density at radius 2 is 1.96 bits per heavy atom. The van der Waals surface area contributed by atoms with Crippen molar-refractivity contribution in [2.24, 2.45) is 0 Å². The van der Waals surface area contributed by atoms with Gasteiger partial charge in [-0.3, -0.25) is 9.69 Å². The van der Waals surface area contributed by atoms with Crippen LogP contribution in [0, 0.1) is 0 Å². The molecule has 2 aromatic rings. The monoisotopic (exact) mass is 446 g/mol. The van der Waals surface area contributed by atoms with Gasteiger partial charge in [-0.25, -0.2) is 0 Å². The number of nitrogens with zero attached hydrogens (tertiary/aromatic N) is 1. The van der Waals surface area contributed by atoms with Gasteiger partial charge in [0, 0.05) is 32.6 Å². The molecule has 0 aliphatic carbocycles. The number of morpholine rings is 1. The number of hydrogen-bond acceptors (Lipinski definition) is 4. The lowest BCUT2D eigenvalue weighted by atomic mass is 10.2. The third kappa shape index (κ3) is 6.93. The topological polar surface area (TPSA) is 50.8 Å². The Morgan fingerprint density at radius 3 is 2.79 bits per heavy atom. The Hall–Kier alpha value is -1.89. The van der Waals surface area contributed by atoms with Gasteiger partial charge >= 0.3 is 0 Å². The molecule has 3 rings (SSSR count). The van der Waals surface area contributed by atoms with Crippen LogP contribution < -0.4 is 10.1 Å². The van der Waals surface area contributed by atoms with Crippen LogP contribution in [0.2, 0.25) is 0 Å². The summed E-state index contributed by atoms with van der Waals surface area (Å²) in [6, 6.07) is 18.2. The molecular weight excluding hydrogens is 420 g/mol. The maximum Gasteiger partial charge on any atom is 0.220 e. The van der Waals surface area contributed by atoms with E-state index in [9.17, 15) is 4.79 Å². The number of halogens is 1. The largest absolute Gasteiger partial charge is 0.492 e. The zero-order valence-corrected chi connectivity index (χ0v) is 17.6. The molecule has 1 amide bonds. The Balaban J connectivity index is 1.31. The minimum Gasteiger partial charge on any atom is -0.492 e. The first-order valence-corrected chi connectivity index (χ1v) is 10.5. The zero-order valence-electron chi connectivity index (χ0n) is 16.0. The lowest BCUT2D eigenvalue weighted by molar-refractivity contribution is -0.122. The molecule has 0 radical (unpaired) electrons. The molecule has 1 N–H and O–H groups in total. The standard InChI is InChI=1S/C22H27BrN2O3/c23-20-9-4-5-10-21(20)28-13-6-11-22(26)24-15-19-17-25(12-14-27-19)16-18-7-2-1-3-8-18/h1-5,7-10,19H,6,11-17H2,(H,24,26). The van der Waals surface area contributed by atoms with Crippen LogP contribution in [-0.2, 0) is 16.1 Å². The summed E-state index contributed by atoms with van der Waals surface area (Å²) in [7, 11) is 0. The van der Waals surface area contributed by atoms with Crippen molar-refractivity contribution in [2.45, 2.75) is 25.5 Å². The van der Waals surface area contributed by atoms with Crippen LogP contribution in [0.3, 0.4) is 0 Å². The second-order valence-electron chi connectivity index (χ2n) is 6.90. The SMILES string of the molecule is O=C(CCCOc1ccccc1Br)NCC1CN(Cc2ccccc2)CCO1. The van der Waals surface area contributed by atoms with Crippen molar-refractivity contribution in [3.8, 4) is 5.75 Å². The van der Waals surface area contributed by atoms with E-state index in [0.29, 0.717) is 32.6 Å². The molecule has 1 saturated heterocycles. The number of amides is 1. The van der Waals surface area contributed by atoms with Gasteiger partial charge < -0.3 is 14.8 Å². The molecule has 1 atom stereocenters. The summed E-state index contributed by atoms with van der Waals surface area (Å²) in [4.78, 5) is 14.5.